The number of anilines is 1. The highest BCUT2D eigenvalue weighted by molar-refractivity contribution is 5.94. The predicted octanol–water partition coefficient (Wildman–Crippen LogP) is 2.51. The molecule has 2 fully saturated rings. The van der Waals surface area contributed by atoms with Crippen LogP contribution in [0.4, 0.5) is 10.5 Å². The highest BCUT2D eigenvalue weighted by atomic mass is 16.6. The van der Waals surface area contributed by atoms with E-state index in [2.05, 4.69) is 5.32 Å². The van der Waals surface area contributed by atoms with Crippen molar-refractivity contribution in [1.82, 2.24) is 0 Å². The van der Waals surface area contributed by atoms with Gasteiger partial charge in [0.1, 0.15) is 0 Å². The van der Waals surface area contributed by atoms with Crippen molar-refractivity contribution >= 4 is 23.7 Å². The summed E-state index contributed by atoms with van der Waals surface area (Å²) >= 11 is 0. The highest BCUT2D eigenvalue weighted by Crippen LogP contribution is 2.70. The van der Waals surface area contributed by atoms with Gasteiger partial charge in [-0.2, -0.15) is 0 Å². The van der Waals surface area contributed by atoms with E-state index in [1.165, 1.54) is 0 Å². The third-order valence-corrected chi connectivity index (χ3v) is 5.04. The van der Waals surface area contributed by atoms with Gasteiger partial charge in [-0.05, 0) is 36.3 Å². The molecule has 3 rings (SSSR count). The van der Waals surface area contributed by atoms with Crippen LogP contribution in [0.3, 0.4) is 0 Å². The molecule has 0 spiro atoms. The van der Waals surface area contributed by atoms with Gasteiger partial charge in [-0.3, -0.25) is 14.9 Å². The van der Waals surface area contributed by atoms with E-state index < -0.39 is 35.3 Å². The van der Waals surface area contributed by atoms with Gasteiger partial charge in [-0.15, -0.1) is 0 Å². The lowest BCUT2D eigenvalue weighted by Gasteiger charge is -2.18. The van der Waals surface area contributed by atoms with Crippen molar-refractivity contribution in [1.29, 1.82) is 0 Å². The van der Waals surface area contributed by atoms with Crippen LogP contribution >= 0.6 is 0 Å². The molecule has 1 aromatic rings. The Morgan fingerprint density at radius 2 is 1.91 bits per heavy atom. The number of hydrogen-bond donors (Lipinski definition) is 2. The normalized spacial score (nSPS) is 32.0. The van der Waals surface area contributed by atoms with Gasteiger partial charge in [0.25, 0.3) is 0 Å². The maximum atomic E-state index is 12.2. The molecular weight excluding hydrogens is 286 g/mol. The predicted molar refractivity (Wildman–Crippen MR) is 77.0 cm³/mol. The zero-order valence-corrected chi connectivity index (χ0v) is 12.1. The molecular formula is C16H17NO5. The standard InChI is InChI=1S/C16H17NO5/c1-16-10(12(16)13(18)19)7-8-11(16)14(20)22-15(21)17-9-5-3-2-4-6-9/h2-6,10-12H,7-8H2,1H3,(H,17,21)(H,18,19). The van der Waals surface area contributed by atoms with E-state index in [1.807, 2.05) is 0 Å². The lowest BCUT2D eigenvalue weighted by Crippen LogP contribution is -2.30. The Morgan fingerprint density at radius 3 is 2.50 bits per heavy atom. The number of fused-ring (bicyclic) bond motifs is 1. The van der Waals surface area contributed by atoms with Crippen LogP contribution in [0.2, 0.25) is 0 Å². The van der Waals surface area contributed by atoms with Crippen molar-refractivity contribution in [2.75, 3.05) is 5.32 Å². The lowest BCUT2D eigenvalue weighted by molar-refractivity contribution is -0.145. The largest absolute Gasteiger partial charge is 0.481 e. The number of ether oxygens (including phenoxy) is 1. The van der Waals surface area contributed by atoms with E-state index in [-0.39, 0.29) is 5.92 Å². The molecule has 1 amide bonds. The average molecular weight is 303 g/mol. The lowest BCUT2D eigenvalue weighted by atomic mass is 9.89. The summed E-state index contributed by atoms with van der Waals surface area (Å²) in [6, 6.07) is 8.67. The first kappa shape index (κ1) is 14.6. The van der Waals surface area contributed by atoms with E-state index in [1.54, 1.807) is 37.3 Å². The zero-order chi connectivity index (χ0) is 15.9. The van der Waals surface area contributed by atoms with Crippen LogP contribution in [-0.2, 0) is 14.3 Å². The Balaban J connectivity index is 1.61. The van der Waals surface area contributed by atoms with Crippen molar-refractivity contribution < 1.29 is 24.2 Å². The molecule has 0 heterocycles. The van der Waals surface area contributed by atoms with Crippen molar-refractivity contribution in [3.05, 3.63) is 30.3 Å². The molecule has 0 saturated heterocycles. The van der Waals surface area contributed by atoms with Gasteiger partial charge in [0, 0.05) is 5.69 Å². The molecule has 2 saturated carbocycles. The number of carboxylic acid groups (broad SMARTS) is 1. The van der Waals surface area contributed by atoms with Crippen LogP contribution in [-0.4, -0.2) is 23.1 Å². The third kappa shape index (κ3) is 2.24. The summed E-state index contributed by atoms with van der Waals surface area (Å²) in [5.74, 6) is -2.53. The van der Waals surface area contributed by atoms with Crippen LogP contribution in [0.25, 0.3) is 0 Å². The summed E-state index contributed by atoms with van der Waals surface area (Å²) < 4.78 is 4.85. The number of carbonyl (C=O) groups excluding carboxylic acids is 2. The second-order valence-electron chi connectivity index (χ2n) is 6.12. The minimum atomic E-state index is -0.876. The Labute approximate surface area is 127 Å². The Kier molecular flexibility index (Phi) is 3.39. The summed E-state index contributed by atoms with van der Waals surface area (Å²) in [7, 11) is 0. The minimum Gasteiger partial charge on any atom is -0.481 e. The number of benzene rings is 1. The van der Waals surface area contributed by atoms with Crippen LogP contribution < -0.4 is 5.32 Å². The first-order valence-electron chi connectivity index (χ1n) is 7.25. The molecule has 0 aliphatic heterocycles. The zero-order valence-electron chi connectivity index (χ0n) is 12.1. The number of hydrogen-bond acceptors (Lipinski definition) is 4. The molecule has 4 atom stereocenters. The van der Waals surface area contributed by atoms with Crippen LogP contribution in [0, 0.1) is 23.2 Å². The highest BCUT2D eigenvalue weighted by Gasteiger charge is 2.73. The van der Waals surface area contributed by atoms with Crippen LogP contribution in [0.15, 0.2) is 30.3 Å². The fraction of sp³-hybridized carbons (Fsp3) is 0.438. The Bertz CT molecular complexity index is 629. The van der Waals surface area contributed by atoms with Gasteiger partial charge in [0.05, 0.1) is 11.8 Å². The third-order valence-electron chi connectivity index (χ3n) is 5.04. The van der Waals surface area contributed by atoms with E-state index in [9.17, 15) is 14.4 Å². The fourth-order valence-electron chi connectivity index (χ4n) is 3.87. The summed E-state index contributed by atoms with van der Waals surface area (Å²) in [4.78, 5) is 35.1. The average Bonchev–Trinajstić information content (AvgIpc) is 2.91. The van der Waals surface area contributed by atoms with Gasteiger partial charge < -0.3 is 9.84 Å². The number of esters is 1. The maximum absolute atomic E-state index is 12.2. The molecule has 22 heavy (non-hydrogen) atoms. The van der Waals surface area contributed by atoms with Crippen molar-refractivity contribution in [3.63, 3.8) is 0 Å². The molecule has 6 nitrogen and oxygen atoms in total. The molecule has 0 radical (unpaired) electrons. The quantitative estimate of drug-likeness (QED) is 0.661. The van der Waals surface area contributed by atoms with Gasteiger partial charge in [0.2, 0.25) is 0 Å². The maximum Gasteiger partial charge on any atom is 0.419 e. The van der Waals surface area contributed by atoms with E-state index >= 15 is 0 Å². The number of nitrogens with one attached hydrogen (secondary N) is 1. The smallest absolute Gasteiger partial charge is 0.419 e. The number of para-hydroxylation sites is 1. The molecule has 0 aromatic heterocycles. The second-order valence-corrected chi connectivity index (χ2v) is 6.12. The first-order valence-corrected chi connectivity index (χ1v) is 7.25. The molecule has 2 aliphatic carbocycles. The number of amides is 1. The van der Waals surface area contributed by atoms with Crippen LogP contribution in [0.5, 0.6) is 0 Å². The minimum absolute atomic E-state index is 0.0136. The summed E-state index contributed by atoms with van der Waals surface area (Å²) in [5, 5.41) is 11.6. The second kappa shape index (κ2) is 5.12. The van der Waals surface area contributed by atoms with E-state index in [0.29, 0.717) is 18.5 Å². The number of carbonyl (C=O) groups is 3. The molecule has 2 N–H and O–H groups in total. The topological polar surface area (TPSA) is 92.7 Å². The molecule has 4 unspecified atom stereocenters. The van der Waals surface area contributed by atoms with Gasteiger partial charge in [-0.1, -0.05) is 25.1 Å². The first-order chi connectivity index (χ1) is 10.4. The monoisotopic (exact) mass is 303 g/mol. The molecule has 0 bridgehead atoms. The molecule has 1 aromatic carbocycles. The summed E-state index contributed by atoms with van der Waals surface area (Å²) in [6.45, 7) is 1.80. The Morgan fingerprint density at radius 1 is 1.23 bits per heavy atom. The summed E-state index contributed by atoms with van der Waals surface area (Å²) in [5.41, 5.74) is -0.0405. The number of aliphatic carboxylic acids is 1. The van der Waals surface area contributed by atoms with Crippen LogP contribution in [0.1, 0.15) is 19.8 Å². The summed E-state index contributed by atoms with van der Waals surface area (Å²) in [6.07, 6.45) is 0.423. The van der Waals surface area contributed by atoms with Gasteiger partial charge >= 0.3 is 18.0 Å². The van der Waals surface area contributed by atoms with Gasteiger partial charge in [-0.25, -0.2) is 4.79 Å². The Hall–Kier alpha value is -2.37. The molecule has 116 valence electrons. The number of carboxylic acids is 1. The van der Waals surface area contributed by atoms with Crippen molar-refractivity contribution in [2.24, 2.45) is 23.2 Å². The van der Waals surface area contributed by atoms with E-state index in [4.69, 9.17) is 9.84 Å². The number of rotatable bonds is 3. The SMILES string of the molecule is CC12C(C(=O)OC(=O)Nc3ccccc3)CCC1C2C(=O)O. The van der Waals surface area contributed by atoms with E-state index in [0.717, 1.165) is 0 Å². The van der Waals surface area contributed by atoms with Gasteiger partial charge in [0.15, 0.2) is 0 Å². The fourth-order valence-corrected chi connectivity index (χ4v) is 3.87. The van der Waals surface area contributed by atoms with Crippen molar-refractivity contribution in [3.8, 4) is 0 Å². The molecule has 6 heteroatoms. The molecule has 2 aliphatic rings. The van der Waals surface area contributed by atoms with Crippen molar-refractivity contribution in [2.45, 2.75) is 19.8 Å².